The number of aromatic nitrogens is 7. The Labute approximate surface area is 175 Å². The third-order valence-corrected chi connectivity index (χ3v) is 5.39. The summed E-state index contributed by atoms with van der Waals surface area (Å²) in [7, 11) is 1.88. The Bertz CT molecular complexity index is 1570. The van der Waals surface area contributed by atoms with Crippen molar-refractivity contribution in [1.29, 1.82) is 0 Å². The van der Waals surface area contributed by atoms with E-state index < -0.39 is 0 Å². The van der Waals surface area contributed by atoms with Crippen LogP contribution in [0.1, 0.15) is 0 Å². The molecular formula is C23H16FN7. The summed E-state index contributed by atoms with van der Waals surface area (Å²) in [5, 5.41) is 13.6. The van der Waals surface area contributed by atoms with Crippen LogP contribution >= 0.6 is 0 Å². The fourth-order valence-electron chi connectivity index (χ4n) is 3.90. The highest BCUT2D eigenvalue weighted by atomic mass is 19.1. The van der Waals surface area contributed by atoms with Gasteiger partial charge in [-0.3, -0.25) is 14.8 Å². The van der Waals surface area contributed by atoms with Gasteiger partial charge in [0.05, 0.1) is 23.6 Å². The van der Waals surface area contributed by atoms with Crippen LogP contribution in [0.2, 0.25) is 0 Å². The van der Waals surface area contributed by atoms with Gasteiger partial charge in [-0.25, -0.2) is 9.37 Å². The summed E-state index contributed by atoms with van der Waals surface area (Å²) < 4.78 is 15.5. The molecule has 5 heterocycles. The van der Waals surface area contributed by atoms with Crippen molar-refractivity contribution in [2.45, 2.75) is 0 Å². The van der Waals surface area contributed by atoms with Crippen LogP contribution < -0.4 is 0 Å². The molecule has 7 nitrogen and oxygen atoms in total. The minimum atomic E-state index is -0.280. The van der Waals surface area contributed by atoms with Gasteiger partial charge < -0.3 is 4.98 Å². The Morgan fingerprint density at radius 2 is 1.87 bits per heavy atom. The number of fused-ring (bicyclic) bond motifs is 2. The standard InChI is InChI=1S/C23H16FN7/c1-31-12-15(9-27-31)14-6-18-22(29-30-23(18)26-8-14)20-7-17-19(10-25-11-21(17)28-20)13-3-2-4-16(24)5-13/h2-12,28H,1H3,(H,26,29,30). The van der Waals surface area contributed by atoms with E-state index in [0.717, 1.165) is 49.9 Å². The van der Waals surface area contributed by atoms with Crippen molar-refractivity contribution in [3.8, 4) is 33.6 Å². The average molecular weight is 409 g/mol. The molecule has 1 aromatic carbocycles. The van der Waals surface area contributed by atoms with E-state index in [1.54, 1.807) is 29.3 Å². The number of aromatic amines is 2. The van der Waals surface area contributed by atoms with Crippen LogP contribution in [0.25, 0.3) is 55.6 Å². The van der Waals surface area contributed by atoms with E-state index in [2.05, 4.69) is 36.3 Å². The van der Waals surface area contributed by atoms with E-state index in [4.69, 9.17) is 0 Å². The molecule has 0 fully saturated rings. The number of nitrogens with one attached hydrogen (secondary N) is 2. The Morgan fingerprint density at radius 3 is 2.71 bits per heavy atom. The van der Waals surface area contributed by atoms with Gasteiger partial charge in [-0.2, -0.15) is 10.2 Å². The quantitative estimate of drug-likeness (QED) is 0.443. The van der Waals surface area contributed by atoms with Crippen LogP contribution in [0, 0.1) is 5.82 Å². The molecule has 0 radical (unpaired) electrons. The lowest BCUT2D eigenvalue weighted by molar-refractivity contribution is 0.628. The van der Waals surface area contributed by atoms with Gasteiger partial charge in [0.15, 0.2) is 5.65 Å². The number of hydrogen-bond acceptors (Lipinski definition) is 4. The molecular weight excluding hydrogens is 393 g/mol. The Hall–Kier alpha value is -4.33. The van der Waals surface area contributed by atoms with Crippen LogP contribution in [0.15, 0.2) is 67.4 Å². The molecule has 2 N–H and O–H groups in total. The number of hydrogen-bond donors (Lipinski definition) is 2. The summed E-state index contributed by atoms with van der Waals surface area (Å²) >= 11 is 0. The molecule has 8 heteroatoms. The highest BCUT2D eigenvalue weighted by Crippen LogP contribution is 2.34. The highest BCUT2D eigenvalue weighted by molar-refractivity contribution is 6.00. The molecule has 0 atom stereocenters. The molecule has 150 valence electrons. The van der Waals surface area contributed by atoms with Gasteiger partial charge in [0.1, 0.15) is 11.5 Å². The first-order chi connectivity index (χ1) is 15.2. The van der Waals surface area contributed by atoms with Gasteiger partial charge in [0.2, 0.25) is 0 Å². The minimum Gasteiger partial charge on any atom is -0.352 e. The first-order valence-electron chi connectivity index (χ1n) is 9.72. The lowest BCUT2D eigenvalue weighted by Gasteiger charge is -2.02. The Balaban J connectivity index is 1.51. The average Bonchev–Trinajstić information content (AvgIpc) is 3.50. The van der Waals surface area contributed by atoms with E-state index in [1.807, 2.05) is 31.6 Å². The minimum absolute atomic E-state index is 0.280. The molecule has 0 unspecified atom stereocenters. The second-order valence-electron chi connectivity index (χ2n) is 7.44. The zero-order valence-corrected chi connectivity index (χ0v) is 16.5. The predicted octanol–water partition coefficient (Wildman–Crippen LogP) is 4.71. The summed E-state index contributed by atoms with van der Waals surface area (Å²) in [5.74, 6) is -0.280. The summed E-state index contributed by atoms with van der Waals surface area (Å²) in [6, 6.07) is 10.6. The van der Waals surface area contributed by atoms with Crippen LogP contribution in [0.4, 0.5) is 4.39 Å². The zero-order valence-electron chi connectivity index (χ0n) is 16.5. The molecule has 0 saturated carbocycles. The summed E-state index contributed by atoms with van der Waals surface area (Å²) in [6.45, 7) is 0. The number of rotatable bonds is 3. The maximum Gasteiger partial charge on any atom is 0.155 e. The number of halogens is 1. The maximum absolute atomic E-state index is 13.8. The van der Waals surface area contributed by atoms with Crippen LogP contribution in [-0.2, 0) is 7.05 Å². The SMILES string of the molecule is Cn1cc(-c2cnc3[nH]nc(-c4cc5c(-c6cccc(F)c6)cncc5[nH]4)c3c2)cn1. The number of aryl methyl sites for hydroxylation is 1. The number of nitrogens with zero attached hydrogens (tertiary/aromatic N) is 5. The van der Waals surface area contributed by atoms with E-state index >= 15 is 0 Å². The van der Waals surface area contributed by atoms with Crippen molar-refractivity contribution >= 4 is 21.9 Å². The fourth-order valence-corrected chi connectivity index (χ4v) is 3.90. The van der Waals surface area contributed by atoms with Gasteiger partial charge >= 0.3 is 0 Å². The molecule has 5 aromatic heterocycles. The summed E-state index contributed by atoms with van der Waals surface area (Å²) in [6.07, 6.45) is 9.07. The number of H-pyrrole nitrogens is 2. The molecule has 6 aromatic rings. The fraction of sp³-hybridized carbons (Fsp3) is 0.0435. The van der Waals surface area contributed by atoms with Crippen molar-refractivity contribution in [1.82, 2.24) is 34.9 Å². The zero-order chi connectivity index (χ0) is 20.9. The highest BCUT2D eigenvalue weighted by Gasteiger charge is 2.15. The Morgan fingerprint density at radius 1 is 0.935 bits per heavy atom. The monoisotopic (exact) mass is 409 g/mol. The maximum atomic E-state index is 13.8. The third kappa shape index (κ3) is 2.88. The molecule has 0 bridgehead atoms. The predicted molar refractivity (Wildman–Crippen MR) is 117 cm³/mol. The van der Waals surface area contributed by atoms with E-state index in [-0.39, 0.29) is 5.82 Å². The number of benzene rings is 1. The van der Waals surface area contributed by atoms with Crippen molar-refractivity contribution < 1.29 is 4.39 Å². The van der Waals surface area contributed by atoms with E-state index in [9.17, 15) is 4.39 Å². The van der Waals surface area contributed by atoms with Gasteiger partial charge in [-0.15, -0.1) is 0 Å². The van der Waals surface area contributed by atoms with Gasteiger partial charge in [-0.05, 0) is 29.8 Å². The van der Waals surface area contributed by atoms with Crippen LogP contribution in [0.3, 0.4) is 0 Å². The van der Waals surface area contributed by atoms with Crippen molar-refractivity contribution in [2.24, 2.45) is 7.05 Å². The van der Waals surface area contributed by atoms with Crippen LogP contribution in [-0.4, -0.2) is 34.9 Å². The smallest absolute Gasteiger partial charge is 0.155 e. The summed E-state index contributed by atoms with van der Waals surface area (Å²) in [5.41, 5.74) is 6.71. The molecule has 0 aliphatic heterocycles. The first-order valence-corrected chi connectivity index (χ1v) is 9.72. The molecule has 0 aliphatic carbocycles. The van der Waals surface area contributed by atoms with Crippen molar-refractivity contribution in [3.05, 3.63) is 73.2 Å². The molecule has 0 aliphatic rings. The molecule has 0 amide bonds. The van der Waals surface area contributed by atoms with Gasteiger partial charge in [0.25, 0.3) is 0 Å². The normalized spacial score (nSPS) is 11.5. The van der Waals surface area contributed by atoms with Gasteiger partial charge in [0, 0.05) is 53.1 Å². The lowest BCUT2D eigenvalue weighted by Crippen LogP contribution is -1.84. The largest absolute Gasteiger partial charge is 0.352 e. The third-order valence-electron chi connectivity index (χ3n) is 5.39. The van der Waals surface area contributed by atoms with Crippen molar-refractivity contribution in [2.75, 3.05) is 0 Å². The molecule has 0 spiro atoms. The van der Waals surface area contributed by atoms with Crippen molar-refractivity contribution in [3.63, 3.8) is 0 Å². The second-order valence-corrected chi connectivity index (χ2v) is 7.44. The lowest BCUT2D eigenvalue weighted by atomic mass is 10.0. The Kier molecular flexibility index (Phi) is 3.73. The number of pyridine rings is 2. The molecule has 31 heavy (non-hydrogen) atoms. The van der Waals surface area contributed by atoms with Gasteiger partial charge in [-0.1, -0.05) is 12.1 Å². The first kappa shape index (κ1) is 17.5. The van der Waals surface area contributed by atoms with Crippen LogP contribution in [0.5, 0.6) is 0 Å². The topological polar surface area (TPSA) is 88.1 Å². The van der Waals surface area contributed by atoms with E-state index in [0.29, 0.717) is 5.65 Å². The van der Waals surface area contributed by atoms with E-state index in [1.165, 1.54) is 12.1 Å². The second kappa shape index (κ2) is 6.60. The molecule has 0 saturated heterocycles. The molecule has 6 rings (SSSR count). The summed E-state index contributed by atoms with van der Waals surface area (Å²) in [4.78, 5) is 12.2.